The van der Waals surface area contributed by atoms with Crippen molar-refractivity contribution in [1.29, 1.82) is 0 Å². The summed E-state index contributed by atoms with van der Waals surface area (Å²) in [7, 11) is 0. The number of carbonyl (C=O) groups is 1. The summed E-state index contributed by atoms with van der Waals surface area (Å²) >= 11 is 5.22. The Balaban J connectivity index is 1.48. The van der Waals surface area contributed by atoms with Crippen molar-refractivity contribution < 1.29 is 9.53 Å². The second kappa shape index (κ2) is 10.1. The third-order valence-electron chi connectivity index (χ3n) is 3.51. The van der Waals surface area contributed by atoms with E-state index in [0.29, 0.717) is 6.61 Å². The molecule has 1 aliphatic heterocycles. The molecule has 2 N–H and O–H groups in total. The fourth-order valence-corrected chi connectivity index (χ4v) is 3.37. The van der Waals surface area contributed by atoms with Crippen molar-refractivity contribution in [2.45, 2.75) is 12.8 Å². The quantitative estimate of drug-likeness (QED) is 0.674. The number of carbonyl (C=O) groups excluding carboxylic acids is 1. The van der Waals surface area contributed by atoms with Gasteiger partial charge < -0.3 is 15.4 Å². The number of ether oxygens (including phenoxy) is 1. The average Bonchev–Trinajstić information content (AvgIpc) is 2.54. The van der Waals surface area contributed by atoms with Gasteiger partial charge in [0.1, 0.15) is 5.75 Å². The Hall–Kier alpha value is -0.720. The molecule has 1 unspecified atom stereocenters. The zero-order valence-electron chi connectivity index (χ0n) is 12.6. The molecule has 0 aliphatic carbocycles. The van der Waals surface area contributed by atoms with E-state index < -0.39 is 0 Å². The van der Waals surface area contributed by atoms with Gasteiger partial charge in [-0.3, -0.25) is 4.79 Å². The molecule has 1 atom stereocenters. The van der Waals surface area contributed by atoms with Gasteiger partial charge in [-0.15, -0.1) is 0 Å². The Labute approximate surface area is 144 Å². The summed E-state index contributed by atoms with van der Waals surface area (Å²) in [5.74, 6) is 3.08. The fourth-order valence-electron chi connectivity index (χ4n) is 2.34. The van der Waals surface area contributed by atoms with Crippen molar-refractivity contribution >= 4 is 33.6 Å². The highest BCUT2D eigenvalue weighted by molar-refractivity contribution is 9.10. The van der Waals surface area contributed by atoms with E-state index in [1.165, 1.54) is 0 Å². The minimum absolute atomic E-state index is 0.151. The Morgan fingerprint density at radius 2 is 2.36 bits per heavy atom. The zero-order valence-corrected chi connectivity index (χ0v) is 15.0. The van der Waals surface area contributed by atoms with E-state index in [0.717, 1.165) is 54.2 Å². The Morgan fingerprint density at radius 3 is 3.14 bits per heavy atom. The number of hydrogen-bond donors (Lipinski definition) is 2. The molecule has 4 nitrogen and oxygen atoms in total. The molecule has 1 aromatic carbocycles. The predicted octanol–water partition coefficient (Wildman–Crippen LogP) is 2.68. The van der Waals surface area contributed by atoms with E-state index in [1.54, 1.807) is 11.8 Å². The Morgan fingerprint density at radius 1 is 1.45 bits per heavy atom. The van der Waals surface area contributed by atoms with Gasteiger partial charge in [0.15, 0.2) is 0 Å². The highest BCUT2D eigenvalue weighted by Crippen LogP contribution is 2.17. The lowest BCUT2D eigenvalue weighted by molar-refractivity contribution is -0.125. The van der Waals surface area contributed by atoms with Crippen LogP contribution >= 0.6 is 27.7 Å². The summed E-state index contributed by atoms with van der Waals surface area (Å²) < 4.78 is 6.69. The van der Waals surface area contributed by atoms with E-state index in [1.807, 2.05) is 24.3 Å². The van der Waals surface area contributed by atoms with Crippen LogP contribution in [0, 0.1) is 5.92 Å². The molecule has 2 rings (SSSR count). The minimum Gasteiger partial charge on any atom is -0.493 e. The molecule has 0 aromatic heterocycles. The molecule has 6 heteroatoms. The largest absolute Gasteiger partial charge is 0.493 e. The normalized spacial score (nSPS) is 18.0. The number of nitrogens with one attached hydrogen (secondary N) is 2. The first-order valence-electron chi connectivity index (χ1n) is 7.70. The van der Waals surface area contributed by atoms with Crippen LogP contribution in [0.15, 0.2) is 28.7 Å². The summed E-state index contributed by atoms with van der Waals surface area (Å²) in [5.41, 5.74) is 0. The van der Waals surface area contributed by atoms with Gasteiger partial charge in [0, 0.05) is 29.1 Å². The van der Waals surface area contributed by atoms with Crippen LogP contribution in [0.2, 0.25) is 0 Å². The molecule has 1 aliphatic rings. The number of hydrogen-bond acceptors (Lipinski definition) is 4. The van der Waals surface area contributed by atoms with Gasteiger partial charge in [0.2, 0.25) is 5.91 Å². The lowest BCUT2D eigenvalue weighted by atomic mass is 9.99. The second-order valence-corrected chi connectivity index (χ2v) is 7.39. The van der Waals surface area contributed by atoms with Gasteiger partial charge in [-0.25, -0.2) is 0 Å². The monoisotopic (exact) mass is 386 g/mol. The molecule has 0 saturated carbocycles. The van der Waals surface area contributed by atoms with Crippen molar-refractivity contribution in [3.05, 3.63) is 28.7 Å². The molecule has 1 heterocycles. The highest BCUT2D eigenvalue weighted by atomic mass is 79.9. The molecular formula is C16H23BrN2O2S. The number of benzene rings is 1. The smallest absolute Gasteiger partial charge is 0.224 e. The van der Waals surface area contributed by atoms with Crippen LogP contribution in [-0.2, 0) is 4.79 Å². The standard InChI is InChI=1S/C16H23BrN2O2S/c17-14-4-1-5-15(11-14)21-8-10-22-9-7-19-16(20)13-3-2-6-18-12-13/h1,4-5,11,13,18H,2-3,6-10,12H2,(H,19,20). The lowest BCUT2D eigenvalue weighted by Gasteiger charge is -2.21. The summed E-state index contributed by atoms with van der Waals surface area (Å²) in [4.78, 5) is 11.9. The van der Waals surface area contributed by atoms with Gasteiger partial charge in [-0.2, -0.15) is 11.8 Å². The Kier molecular flexibility index (Phi) is 8.12. The molecular weight excluding hydrogens is 364 g/mol. The van der Waals surface area contributed by atoms with Gasteiger partial charge in [0.25, 0.3) is 0 Å². The van der Waals surface area contributed by atoms with Crippen LogP contribution in [0.5, 0.6) is 5.75 Å². The van der Waals surface area contributed by atoms with Crippen LogP contribution in [0.3, 0.4) is 0 Å². The van der Waals surface area contributed by atoms with Gasteiger partial charge >= 0.3 is 0 Å². The molecule has 1 saturated heterocycles. The van der Waals surface area contributed by atoms with Gasteiger partial charge in [-0.1, -0.05) is 22.0 Å². The first kappa shape index (κ1) is 17.6. The number of amides is 1. The average molecular weight is 387 g/mol. The summed E-state index contributed by atoms with van der Waals surface area (Å²) in [6.45, 7) is 3.27. The second-order valence-electron chi connectivity index (χ2n) is 5.25. The number of thioether (sulfide) groups is 1. The van der Waals surface area contributed by atoms with E-state index >= 15 is 0 Å². The summed E-state index contributed by atoms with van der Waals surface area (Å²) in [5, 5.41) is 6.29. The van der Waals surface area contributed by atoms with Crippen LogP contribution in [0.25, 0.3) is 0 Å². The summed E-state index contributed by atoms with van der Waals surface area (Å²) in [6, 6.07) is 7.85. The SMILES string of the molecule is O=C(NCCSCCOc1cccc(Br)c1)C1CCCNC1. The molecule has 22 heavy (non-hydrogen) atoms. The zero-order chi connectivity index (χ0) is 15.6. The first-order valence-corrected chi connectivity index (χ1v) is 9.65. The molecule has 122 valence electrons. The van der Waals surface area contributed by atoms with Crippen molar-refractivity contribution in [2.24, 2.45) is 5.92 Å². The number of halogens is 1. The topological polar surface area (TPSA) is 50.4 Å². The number of rotatable bonds is 8. The molecule has 0 radical (unpaired) electrons. The van der Waals surface area contributed by atoms with Crippen LogP contribution < -0.4 is 15.4 Å². The fraction of sp³-hybridized carbons (Fsp3) is 0.562. The van der Waals surface area contributed by atoms with Gasteiger partial charge in [0.05, 0.1) is 12.5 Å². The predicted molar refractivity (Wildman–Crippen MR) is 95.6 cm³/mol. The van der Waals surface area contributed by atoms with Crippen molar-refractivity contribution in [3.63, 3.8) is 0 Å². The van der Waals surface area contributed by atoms with Crippen LogP contribution in [0.4, 0.5) is 0 Å². The Bertz CT molecular complexity index is 467. The third-order valence-corrected chi connectivity index (χ3v) is 4.95. The molecule has 1 amide bonds. The van der Waals surface area contributed by atoms with Crippen LogP contribution in [0.1, 0.15) is 12.8 Å². The maximum absolute atomic E-state index is 11.9. The van der Waals surface area contributed by atoms with Crippen molar-refractivity contribution in [1.82, 2.24) is 10.6 Å². The minimum atomic E-state index is 0.151. The van der Waals surface area contributed by atoms with Crippen molar-refractivity contribution in [2.75, 3.05) is 37.7 Å². The molecule has 0 spiro atoms. The van der Waals surface area contributed by atoms with Crippen molar-refractivity contribution in [3.8, 4) is 5.75 Å². The first-order chi connectivity index (χ1) is 10.8. The van der Waals surface area contributed by atoms with Gasteiger partial charge in [-0.05, 0) is 37.6 Å². The molecule has 1 fully saturated rings. The van der Waals surface area contributed by atoms with E-state index in [-0.39, 0.29) is 11.8 Å². The maximum atomic E-state index is 11.9. The molecule has 1 aromatic rings. The highest BCUT2D eigenvalue weighted by Gasteiger charge is 2.19. The maximum Gasteiger partial charge on any atom is 0.224 e. The number of piperidine rings is 1. The summed E-state index contributed by atoms with van der Waals surface area (Å²) in [6.07, 6.45) is 2.10. The molecule has 0 bridgehead atoms. The van der Waals surface area contributed by atoms with E-state index in [9.17, 15) is 4.79 Å². The third kappa shape index (κ3) is 6.58. The van der Waals surface area contributed by atoms with Crippen LogP contribution in [-0.4, -0.2) is 43.7 Å². The lowest BCUT2D eigenvalue weighted by Crippen LogP contribution is -2.41. The van der Waals surface area contributed by atoms with E-state index in [2.05, 4.69) is 26.6 Å². The van der Waals surface area contributed by atoms with E-state index in [4.69, 9.17) is 4.74 Å².